The number of likely N-dealkylation sites (tertiary alicyclic amines) is 2. The summed E-state index contributed by atoms with van der Waals surface area (Å²) in [6.07, 6.45) is 1.63. The van der Waals surface area contributed by atoms with Crippen LogP contribution in [0.25, 0.3) is 0 Å². The number of hydrogen-bond acceptors (Lipinski definition) is 3. The molecule has 1 N–H and O–H groups in total. The monoisotopic (exact) mass is 392 g/mol. The molecule has 0 aromatic heterocycles. The lowest BCUT2D eigenvalue weighted by Gasteiger charge is -2.42. The van der Waals surface area contributed by atoms with Gasteiger partial charge in [0, 0.05) is 49.8 Å². The van der Waals surface area contributed by atoms with Crippen molar-refractivity contribution in [3.05, 3.63) is 71.3 Å². The van der Waals surface area contributed by atoms with E-state index in [1.54, 1.807) is 0 Å². The topological polar surface area (TPSA) is 60.9 Å². The zero-order valence-electron chi connectivity index (χ0n) is 16.9. The molecule has 5 nitrogen and oxygen atoms in total. The fourth-order valence-electron chi connectivity index (χ4n) is 4.80. The molecule has 1 unspecified atom stereocenters. The second-order valence-corrected chi connectivity index (χ2v) is 8.45. The van der Waals surface area contributed by atoms with Crippen LogP contribution in [0.4, 0.5) is 0 Å². The molecule has 2 aliphatic rings. The van der Waals surface area contributed by atoms with E-state index < -0.39 is 0 Å². The highest BCUT2D eigenvalue weighted by Crippen LogP contribution is 2.45. The van der Waals surface area contributed by atoms with E-state index in [0.717, 1.165) is 24.0 Å². The van der Waals surface area contributed by atoms with Gasteiger partial charge in [0.2, 0.25) is 0 Å². The van der Waals surface area contributed by atoms with Crippen molar-refractivity contribution in [2.24, 2.45) is 11.3 Å². The smallest absolute Gasteiger partial charge is 0.253 e. The van der Waals surface area contributed by atoms with E-state index in [4.69, 9.17) is 0 Å². The number of amides is 2. The molecule has 2 fully saturated rings. The normalized spacial score (nSPS) is 20.8. The summed E-state index contributed by atoms with van der Waals surface area (Å²) in [6, 6.07) is 17.0. The molecular weight excluding hydrogens is 364 g/mol. The molecule has 2 aliphatic heterocycles. The zero-order valence-corrected chi connectivity index (χ0v) is 16.9. The molecule has 2 aromatic carbocycles. The predicted molar refractivity (Wildman–Crippen MR) is 112 cm³/mol. The highest BCUT2D eigenvalue weighted by molar-refractivity contribution is 5.95. The summed E-state index contributed by atoms with van der Waals surface area (Å²) in [4.78, 5) is 29.5. The van der Waals surface area contributed by atoms with Crippen molar-refractivity contribution in [1.82, 2.24) is 9.80 Å². The Bertz CT molecular complexity index is 871. The first-order valence-electron chi connectivity index (χ1n) is 10.3. The van der Waals surface area contributed by atoms with Gasteiger partial charge in [0.15, 0.2) is 0 Å². The maximum Gasteiger partial charge on any atom is 0.253 e. The molecule has 0 aliphatic carbocycles. The van der Waals surface area contributed by atoms with Crippen molar-refractivity contribution in [1.29, 1.82) is 0 Å². The minimum Gasteiger partial charge on any atom is -0.396 e. The van der Waals surface area contributed by atoms with Gasteiger partial charge in [0.05, 0.1) is 0 Å². The summed E-state index contributed by atoms with van der Waals surface area (Å²) >= 11 is 0. The van der Waals surface area contributed by atoms with Crippen LogP contribution in [0.2, 0.25) is 0 Å². The van der Waals surface area contributed by atoms with Gasteiger partial charge in [0.1, 0.15) is 0 Å². The molecule has 152 valence electrons. The van der Waals surface area contributed by atoms with Crippen LogP contribution in [-0.2, 0) is 0 Å². The van der Waals surface area contributed by atoms with Gasteiger partial charge in [-0.1, -0.05) is 35.9 Å². The first-order valence-corrected chi connectivity index (χ1v) is 10.3. The Balaban J connectivity index is 1.44. The molecule has 5 heteroatoms. The maximum atomic E-state index is 12.9. The van der Waals surface area contributed by atoms with Crippen LogP contribution in [0.15, 0.2) is 54.6 Å². The van der Waals surface area contributed by atoms with Crippen molar-refractivity contribution in [3.8, 4) is 0 Å². The molecule has 2 heterocycles. The molecule has 1 atom stereocenters. The molecule has 0 bridgehead atoms. The average Bonchev–Trinajstić information content (AvgIpc) is 3.12. The summed E-state index contributed by atoms with van der Waals surface area (Å²) in [5.41, 5.74) is 2.44. The third-order valence-electron chi connectivity index (χ3n) is 6.69. The van der Waals surface area contributed by atoms with E-state index in [1.165, 1.54) is 0 Å². The van der Waals surface area contributed by atoms with E-state index in [0.29, 0.717) is 31.7 Å². The number of aliphatic hydroxyl groups is 1. The fourth-order valence-corrected chi connectivity index (χ4v) is 4.80. The van der Waals surface area contributed by atoms with E-state index in [2.05, 4.69) is 0 Å². The molecule has 1 spiro atoms. The Morgan fingerprint density at radius 3 is 2.14 bits per heavy atom. The molecule has 0 saturated carbocycles. The number of aryl methyl sites for hydroxylation is 1. The first-order chi connectivity index (χ1) is 14.0. The molecule has 2 saturated heterocycles. The zero-order chi connectivity index (χ0) is 20.4. The largest absolute Gasteiger partial charge is 0.396 e. The van der Waals surface area contributed by atoms with Crippen LogP contribution in [-0.4, -0.2) is 59.5 Å². The van der Waals surface area contributed by atoms with Crippen molar-refractivity contribution < 1.29 is 14.7 Å². The Morgan fingerprint density at radius 1 is 0.931 bits per heavy atom. The summed E-state index contributed by atoms with van der Waals surface area (Å²) < 4.78 is 0. The number of aliphatic hydroxyl groups excluding tert-OH is 1. The van der Waals surface area contributed by atoms with Gasteiger partial charge in [-0.15, -0.1) is 0 Å². The third kappa shape index (κ3) is 3.79. The Kier molecular flexibility index (Phi) is 5.41. The van der Waals surface area contributed by atoms with Gasteiger partial charge in [0.25, 0.3) is 11.8 Å². The van der Waals surface area contributed by atoms with E-state index >= 15 is 0 Å². The SMILES string of the molecule is Cc1ccc(C(=O)N2CCC3(CC2)CN(C(=O)c2ccccc2)CC3CO)cc1. The minimum atomic E-state index is -0.108. The van der Waals surface area contributed by atoms with Crippen LogP contribution in [0.5, 0.6) is 0 Å². The standard InChI is InChI=1S/C24H28N2O3/c1-18-7-9-20(10-8-18)22(28)25-13-11-24(12-14-25)17-26(15-21(24)16-27)23(29)19-5-3-2-4-6-19/h2-10,21,27H,11-17H2,1H3. The van der Waals surface area contributed by atoms with Crippen LogP contribution >= 0.6 is 0 Å². The molecule has 2 aromatic rings. The second kappa shape index (κ2) is 7.99. The molecule has 4 rings (SSSR count). The minimum absolute atomic E-state index is 0.0269. The number of nitrogens with zero attached hydrogens (tertiary/aromatic N) is 2. The highest BCUT2D eigenvalue weighted by atomic mass is 16.3. The molecule has 29 heavy (non-hydrogen) atoms. The van der Waals surface area contributed by atoms with Gasteiger partial charge < -0.3 is 14.9 Å². The maximum absolute atomic E-state index is 12.9. The van der Waals surface area contributed by atoms with E-state index in [1.807, 2.05) is 71.3 Å². The van der Waals surface area contributed by atoms with Gasteiger partial charge >= 0.3 is 0 Å². The van der Waals surface area contributed by atoms with E-state index in [9.17, 15) is 14.7 Å². The van der Waals surface area contributed by atoms with Crippen molar-refractivity contribution in [3.63, 3.8) is 0 Å². The number of hydrogen-bond donors (Lipinski definition) is 1. The van der Waals surface area contributed by atoms with Gasteiger partial charge in [-0.05, 0) is 49.4 Å². The van der Waals surface area contributed by atoms with Crippen molar-refractivity contribution >= 4 is 11.8 Å². The first kappa shape index (κ1) is 19.6. The summed E-state index contributed by atoms with van der Waals surface area (Å²) in [5, 5.41) is 10.0. The Morgan fingerprint density at radius 2 is 1.52 bits per heavy atom. The van der Waals surface area contributed by atoms with Crippen LogP contribution in [0.1, 0.15) is 39.1 Å². The Hall–Kier alpha value is -2.66. The number of benzene rings is 2. The quantitative estimate of drug-likeness (QED) is 0.874. The van der Waals surface area contributed by atoms with Crippen molar-refractivity contribution in [2.75, 3.05) is 32.8 Å². The summed E-state index contributed by atoms with van der Waals surface area (Å²) in [5.74, 6) is 0.154. The number of carbonyl (C=O) groups excluding carboxylic acids is 2. The summed E-state index contributed by atoms with van der Waals surface area (Å²) in [6.45, 7) is 4.64. The molecule has 0 radical (unpaired) electrons. The second-order valence-electron chi connectivity index (χ2n) is 8.45. The van der Waals surface area contributed by atoms with Crippen molar-refractivity contribution in [2.45, 2.75) is 19.8 Å². The number of rotatable bonds is 3. The molecular formula is C24H28N2O3. The average molecular weight is 392 g/mol. The lowest BCUT2D eigenvalue weighted by molar-refractivity contribution is 0.0396. The predicted octanol–water partition coefficient (Wildman–Crippen LogP) is 2.98. The number of piperidine rings is 1. The highest BCUT2D eigenvalue weighted by Gasteiger charge is 2.49. The van der Waals surface area contributed by atoms with Crippen LogP contribution < -0.4 is 0 Å². The fraction of sp³-hybridized carbons (Fsp3) is 0.417. The lowest BCUT2D eigenvalue weighted by Crippen LogP contribution is -2.47. The van der Waals surface area contributed by atoms with E-state index in [-0.39, 0.29) is 29.8 Å². The third-order valence-corrected chi connectivity index (χ3v) is 6.69. The lowest BCUT2D eigenvalue weighted by atomic mass is 9.71. The Labute approximate surface area is 171 Å². The molecule has 2 amide bonds. The van der Waals surface area contributed by atoms with Crippen LogP contribution in [0.3, 0.4) is 0 Å². The van der Waals surface area contributed by atoms with Gasteiger partial charge in [-0.2, -0.15) is 0 Å². The van der Waals surface area contributed by atoms with Crippen LogP contribution in [0, 0.1) is 18.3 Å². The summed E-state index contributed by atoms with van der Waals surface area (Å²) in [7, 11) is 0. The van der Waals surface area contributed by atoms with Gasteiger partial charge in [-0.3, -0.25) is 9.59 Å². The number of carbonyl (C=O) groups is 2. The van der Waals surface area contributed by atoms with Gasteiger partial charge in [-0.25, -0.2) is 0 Å².